The first-order valence-electron chi connectivity index (χ1n) is 14.9. The van der Waals surface area contributed by atoms with Gasteiger partial charge in [-0.1, -0.05) is 71.7 Å². The van der Waals surface area contributed by atoms with Crippen LogP contribution in [0.2, 0.25) is 10.0 Å². The maximum atomic E-state index is 14.3. The molecule has 1 saturated heterocycles. The number of methoxy groups -OCH3 is 1. The molecule has 1 aromatic heterocycles. The van der Waals surface area contributed by atoms with Crippen LogP contribution in [0, 0.1) is 5.92 Å². The van der Waals surface area contributed by atoms with E-state index in [1.165, 1.54) is 18.4 Å². The van der Waals surface area contributed by atoms with Gasteiger partial charge in [-0.15, -0.1) is 0 Å². The predicted molar refractivity (Wildman–Crippen MR) is 171 cm³/mol. The molecule has 9 nitrogen and oxygen atoms in total. The number of carbonyl (C=O) groups excluding carboxylic acids is 3. The quantitative estimate of drug-likeness (QED) is 0.256. The van der Waals surface area contributed by atoms with Gasteiger partial charge in [-0.25, -0.2) is 9.78 Å². The molecular formula is C32H34Cl2N4O5S. The van der Waals surface area contributed by atoms with Crippen LogP contribution in [-0.4, -0.2) is 65.0 Å². The second-order valence-electron chi connectivity index (χ2n) is 11.6. The summed E-state index contributed by atoms with van der Waals surface area (Å²) in [5.41, 5.74) is 0.348. The van der Waals surface area contributed by atoms with Gasteiger partial charge in [-0.3, -0.25) is 9.59 Å². The van der Waals surface area contributed by atoms with Crippen LogP contribution < -0.4 is 15.4 Å². The average molecular weight is 658 g/mol. The smallest absolute Gasteiger partial charge is 0.332 e. The van der Waals surface area contributed by atoms with E-state index in [4.69, 9.17) is 32.7 Å². The summed E-state index contributed by atoms with van der Waals surface area (Å²) in [6.07, 6.45) is 8.40. The minimum absolute atomic E-state index is 0.159. The summed E-state index contributed by atoms with van der Waals surface area (Å²) in [5.74, 6) is -1.27. The lowest BCUT2D eigenvalue weighted by atomic mass is 10.0. The van der Waals surface area contributed by atoms with Crippen molar-refractivity contribution in [3.63, 3.8) is 0 Å². The number of fused-ring (bicyclic) bond motifs is 3. The van der Waals surface area contributed by atoms with E-state index in [1.54, 1.807) is 23.1 Å². The first kappa shape index (κ1) is 30.7. The molecule has 1 saturated carbocycles. The minimum Gasteiger partial charge on any atom is -0.467 e. The predicted octanol–water partition coefficient (Wildman–Crippen LogP) is 6.00. The number of ether oxygens (including phenoxy) is 2. The fourth-order valence-corrected chi connectivity index (χ4v) is 7.33. The molecule has 2 aromatic carbocycles. The molecule has 2 N–H and O–H groups in total. The molecule has 5 atom stereocenters. The Balaban J connectivity index is 1.30. The molecule has 2 aliphatic heterocycles. The molecule has 232 valence electrons. The van der Waals surface area contributed by atoms with Gasteiger partial charge in [-0.05, 0) is 56.0 Å². The number of esters is 1. The Morgan fingerprint density at radius 1 is 1.14 bits per heavy atom. The monoisotopic (exact) mass is 656 g/mol. The van der Waals surface area contributed by atoms with Crippen molar-refractivity contribution in [3.05, 3.63) is 64.7 Å². The first-order chi connectivity index (χ1) is 21.3. The normalized spacial score (nSPS) is 28.2. The number of amides is 2. The summed E-state index contributed by atoms with van der Waals surface area (Å²) in [6, 6.07) is 11.4. The largest absolute Gasteiger partial charge is 0.467 e. The van der Waals surface area contributed by atoms with Crippen molar-refractivity contribution in [2.45, 2.75) is 68.7 Å². The SMILES string of the molecule is COC(=O)[C@@]12C[C@@H]1/C=C\CCCCC[C@H](Nc1ccc(Cl)c(Cl)c1)C(=O)N1C[C@H](Oc3nc4ccccc4s3)C[C@H]1C(=O)N2. The van der Waals surface area contributed by atoms with E-state index in [0.29, 0.717) is 33.8 Å². The highest BCUT2D eigenvalue weighted by Gasteiger charge is 2.62. The van der Waals surface area contributed by atoms with Crippen molar-refractivity contribution in [3.8, 4) is 5.19 Å². The van der Waals surface area contributed by atoms with Gasteiger partial charge >= 0.3 is 5.97 Å². The van der Waals surface area contributed by atoms with E-state index in [1.807, 2.05) is 30.3 Å². The number of carbonyl (C=O) groups is 3. The third kappa shape index (κ3) is 6.39. The summed E-state index contributed by atoms with van der Waals surface area (Å²) in [6.45, 7) is 0.195. The molecule has 6 rings (SSSR count). The Morgan fingerprint density at radius 3 is 2.77 bits per heavy atom. The van der Waals surface area contributed by atoms with Crippen LogP contribution in [0.4, 0.5) is 5.69 Å². The number of hydrogen-bond donors (Lipinski definition) is 2. The summed E-state index contributed by atoms with van der Waals surface area (Å²) >= 11 is 13.8. The Morgan fingerprint density at radius 2 is 1.98 bits per heavy atom. The lowest BCUT2D eigenvalue weighted by Crippen LogP contribution is -2.55. The van der Waals surface area contributed by atoms with Gasteiger partial charge in [0.05, 0.1) is 33.9 Å². The molecule has 2 fully saturated rings. The van der Waals surface area contributed by atoms with Gasteiger partial charge in [0.2, 0.25) is 11.8 Å². The number of para-hydroxylation sites is 1. The number of aromatic nitrogens is 1. The van der Waals surface area contributed by atoms with Crippen molar-refractivity contribution >= 4 is 68.2 Å². The van der Waals surface area contributed by atoms with Crippen molar-refractivity contribution < 1.29 is 23.9 Å². The van der Waals surface area contributed by atoms with Gasteiger partial charge in [0.1, 0.15) is 23.7 Å². The highest BCUT2D eigenvalue weighted by atomic mass is 35.5. The summed E-state index contributed by atoms with van der Waals surface area (Å²) in [7, 11) is 1.32. The Bertz CT molecular complexity index is 1560. The van der Waals surface area contributed by atoms with Gasteiger partial charge in [0.15, 0.2) is 0 Å². The average Bonchev–Trinajstić information content (AvgIpc) is 3.32. The fraction of sp³-hybridized carbons (Fsp3) is 0.438. The van der Waals surface area contributed by atoms with E-state index in [-0.39, 0.29) is 24.8 Å². The van der Waals surface area contributed by atoms with Crippen molar-refractivity contribution in [2.24, 2.45) is 5.92 Å². The maximum Gasteiger partial charge on any atom is 0.332 e. The van der Waals surface area contributed by atoms with Crippen molar-refractivity contribution in [1.29, 1.82) is 0 Å². The molecule has 0 bridgehead atoms. The summed E-state index contributed by atoms with van der Waals surface area (Å²) < 4.78 is 12.4. The molecule has 3 aromatic rings. The lowest BCUT2D eigenvalue weighted by molar-refractivity contribution is -0.148. The molecule has 3 aliphatic rings. The molecule has 2 amide bonds. The second kappa shape index (κ2) is 12.9. The zero-order valence-corrected chi connectivity index (χ0v) is 26.6. The van der Waals surface area contributed by atoms with Crippen LogP contribution in [0.3, 0.4) is 0 Å². The van der Waals surface area contributed by atoms with Gasteiger partial charge in [0, 0.05) is 18.0 Å². The highest BCUT2D eigenvalue weighted by molar-refractivity contribution is 7.20. The van der Waals surface area contributed by atoms with E-state index in [2.05, 4.69) is 21.7 Å². The Hall–Kier alpha value is -3.34. The van der Waals surface area contributed by atoms with E-state index >= 15 is 0 Å². The number of halogens is 2. The van der Waals surface area contributed by atoms with Crippen LogP contribution in [-0.2, 0) is 19.1 Å². The Kier molecular flexibility index (Phi) is 9.03. The molecule has 0 spiro atoms. The molecule has 0 unspecified atom stereocenters. The van der Waals surface area contributed by atoms with E-state index < -0.39 is 35.6 Å². The number of benzene rings is 2. The molecule has 3 heterocycles. The second-order valence-corrected chi connectivity index (χ2v) is 13.4. The van der Waals surface area contributed by atoms with Crippen molar-refractivity contribution in [2.75, 3.05) is 19.0 Å². The standard InChI is InChI=1S/C32H34Cl2N4O5S/c1-42-30(41)32-17-19(32)9-5-3-2-4-6-11-25(35-20-13-14-22(33)23(34)15-20)29(40)38-18-21(16-26(38)28(39)37-32)43-31-36-24-10-7-8-12-27(24)44-31/h5,7-10,12-15,19,21,25-26,35H,2-4,6,11,16-18H2,1H3,(H,37,39)/b9-5-/t19-,21+,25-,26-,32+/m0/s1. The van der Waals surface area contributed by atoms with Crippen molar-refractivity contribution in [1.82, 2.24) is 15.2 Å². The molecule has 1 aliphatic carbocycles. The van der Waals surface area contributed by atoms with Crippen LogP contribution >= 0.6 is 34.5 Å². The van der Waals surface area contributed by atoms with Crippen LogP contribution in [0.1, 0.15) is 44.9 Å². The number of thiazole rings is 1. The number of rotatable bonds is 5. The summed E-state index contributed by atoms with van der Waals surface area (Å²) in [5, 5.41) is 7.61. The topological polar surface area (TPSA) is 110 Å². The molecule has 12 heteroatoms. The van der Waals surface area contributed by atoms with Gasteiger partial charge in [-0.2, -0.15) is 0 Å². The first-order valence-corrected chi connectivity index (χ1v) is 16.5. The lowest BCUT2D eigenvalue weighted by Gasteiger charge is -2.30. The third-order valence-electron chi connectivity index (χ3n) is 8.59. The van der Waals surface area contributed by atoms with Gasteiger partial charge in [0.25, 0.3) is 5.19 Å². The number of nitrogens with one attached hydrogen (secondary N) is 2. The fourth-order valence-electron chi connectivity index (χ4n) is 6.15. The van der Waals surface area contributed by atoms with Crippen LogP contribution in [0.15, 0.2) is 54.6 Å². The number of hydrogen-bond acceptors (Lipinski definition) is 8. The number of anilines is 1. The molecular weight excluding hydrogens is 623 g/mol. The van der Waals surface area contributed by atoms with Crippen LogP contribution in [0.5, 0.6) is 5.19 Å². The number of allylic oxidation sites excluding steroid dienone is 1. The number of nitrogens with zero attached hydrogens (tertiary/aromatic N) is 2. The van der Waals surface area contributed by atoms with E-state index in [0.717, 1.165) is 35.9 Å². The highest BCUT2D eigenvalue weighted by Crippen LogP contribution is 2.46. The zero-order valence-electron chi connectivity index (χ0n) is 24.3. The van der Waals surface area contributed by atoms with E-state index in [9.17, 15) is 14.4 Å². The molecule has 0 radical (unpaired) electrons. The molecule has 44 heavy (non-hydrogen) atoms. The minimum atomic E-state index is -1.14. The van der Waals surface area contributed by atoms with Crippen LogP contribution in [0.25, 0.3) is 10.2 Å². The maximum absolute atomic E-state index is 14.3. The third-order valence-corrected chi connectivity index (χ3v) is 10.3. The zero-order chi connectivity index (χ0) is 30.8. The Labute approximate surface area is 269 Å². The van der Waals surface area contributed by atoms with Gasteiger partial charge < -0.3 is 25.0 Å². The summed E-state index contributed by atoms with van der Waals surface area (Å²) in [4.78, 5) is 47.4.